The maximum atomic E-state index is 5.77. The van der Waals surface area contributed by atoms with Crippen LogP contribution in [0.15, 0.2) is 82.6 Å². The van der Waals surface area contributed by atoms with Gasteiger partial charge in [-0.1, -0.05) is 102 Å². The maximum absolute atomic E-state index is 5.77. The second-order valence-corrected chi connectivity index (χ2v) is 11.7. The number of unbranched alkanes of at least 4 members (excludes halogenated alkanes) is 8. The Labute approximate surface area is 228 Å². The zero-order valence-electron chi connectivity index (χ0n) is 22.3. The Kier molecular flexibility index (Phi) is 14.0. The molecule has 0 atom stereocenters. The second kappa shape index (κ2) is 17.6. The topological polar surface area (TPSA) is 9.23 Å². The predicted molar refractivity (Wildman–Crippen MR) is 162 cm³/mol. The summed E-state index contributed by atoms with van der Waals surface area (Å²) in [6.07, 6.45) is 13.4. The highest BCUT2D eigenvalue weighted by Gasteiger charge is 2.02. The summed E-state index contributed by atoms with van der Waals surface area (Å²) in [5, 5.41) is 0. The van der Waals surface area contributed by atoms with Gasteiger partial charge < -0.3 is 4.74 Å². The quantitative estimate of drug-likeness (QED) is 0.122. The maximum Gasteiger partial charge on any atom is 0.119 e. The Morgan fingerprint density at radius 3 is 1.64 bits per heavy atom. The highest BCUT2D eigenvalue weighted by atomic mass is 32.2. The summed E-state index contributed by atoms with van der Waals surface area (Å²) in [6, 6.07) is 26.6. The summed E-state index contributed by atoms with van der Waals surface area (Å²) in [6.45, 7) is 5.27. The number of thioether (sulfide) groups is 2. The summed E-state index contributed by atoms with van der Waals surface area (Å²) in [5.74, 6) is 3.17. The van der Waals surface area contributed by atoms with Crippen molar-refractivity contribution in [3.8, 4) is 16.9 Å². The van der Waals surface area contributed by atoms with Gasteiger partial charge in [-0.05, 0) is 71.7 Å². The van der Waals surface area contributed by atoms with E-state index in [1.807, 2.05) is 23.5 Å². The van der Waals surface area contributed by atoms with Crippen molar-refractivity contribution in [1.82, 2.24) is 0 Å². The van der Waals surface area contributed by atoms with Gasteiger partial charge in [-0.25, -0.2) is 0 Å². The molecule has 0 fully saturated rings. The summed E-state index contributed by atoms with van der Waals surface area (Å²) in [7, 11) is 0. The van der Waals surface area contributed by atoms with Gasteiger partial charge >= 0.3 is 0 Å². The van der Waals surface area contributed by atoms with Crippen LogP contribution < -0.4 is 4.74 Å². The summed E-state index contributed by atoms with van der Waals surface area (Å²) in [4.78, 5) is 2.69. The van der Waals surface area contributed by atoms with E-state index >= 15 is 0 Å². The Bertz CT molecular complexity index is 948. The van der Waals surface area contributed by atoms with Crippen molar-refractivity contribution < 1.29 is 4.74 Å². The average Bonchev–Trinajstić information content (AvgIpc) is 2.92. The fraction of sp³-hybridized carbons (Fsp3) is 0.455. The van der Waals surface area contributed by atoms with Crippen LogP contribution in [-0.4, -0.2) is 12.4 Å². The lowest BCUT2D eigenvalue weighted by Gasteiger charge is -2.08. The molecule has 3 heteroatoms. The number of hydrogen-bond donors (Lipinski definition) is 0. The Morgan fingerprint density at radius 1 is 0.528 bits per heavy atom. The van der Waals surface area contributed by atoms with Crippen LogP contribution in [0.25, 0.3) is 11.1 Å². The molecule has 36 heavy (non-hydrogen) atoms. The monoisotopic (exact) mass is 520 g/mol. The molecule has 194 valence electrons. The van der Waals surface area contributed by atoms with Crippen LogP contribution in [0.3, 0.4) is 0 Å². The fourth-order valence-electron chi connectivity index (χ4n) is 4.10. The molecule has 0 radical (unpaired) electrons. The van der Waals surface area contributed by atoms with Crippen molar-refractivity contribution >= 4 is 23.5 Å². The first-order valence-corrected chi connectivity index (χ1v) is 15.9. The molecule has 0 N–H and O–H groups in total. The van der Waals surface area contributed by atoms with Crippen LogP contribution in [0.5, 0.6) is 5.75 Å². The van der Waals surface area contributed by atoms with Gasteiger partial charge in [0.05, 0.1) is 6.61 Å². The van der Waals surface area contributed by atoms with Crippen molar-refractivity contribution in [3.05, 3.63) is 78.4 Å². The van der Waals surface area contributed by atoms with Gasteiger partial charge in [-0.15, -0.1) is 23.5 Å². The Morgan fingerprint density at radius 2 is 1.06 bits per heavy atom. The van der Waals surface area contributed by atoms with Crippen LogP contribution in [-0.2, 0) is 5.75 Å². The minimum Gasteiger partial charge on any atom is -0.494 e. The van der Waals surface area contributed by atoms with Crippen molar-refractivity contribution in [2.24, 2.45) is 0 Å². The third-order valence-corrected chi connectivity index (χ3v) is 8.59. The Hall–Kier alpha value is -1.84. The minimum absolute atomic E-state index is 0.803. The number of rotatable bonds is 18. The molecular formula is C33H44OS2. The number of benzene rings is 3. The number of hydrogen-bond acceptors (Lipinski definition) is 3. The molecule has 0 aliphatic carbocycles. The third-order valence-electron chi connectivity index (χ3n) is 6.40. The molecular weight excluding hydrogens is 476 g/mol. The molecule has 1 nitrogen and oxygen atoms in total. The average molecular weight is 521 g/mol. The highest BCUT2D eigenvalue weighted by Crippen LogP contribution is 2.29. The van der Waals surface area contributed by atoms with E-state index in [0.717, 1.165) is 31.0 Å². The third kappa shape index (κ3) is 11.0. The van der Waals surface area contributed by atoms with Crippen molar-refractivity contribution in [2.45, 2.75) is 93.6 Å². The molecule has 3 aromatic carbocycles. The van der Waals surface area contributed by atoms with Gasteiger partial charge in [0.1, 0.15) is 5.75 Å². The molecule has 0 heterocycles. The SMILES string of the molecule is CCCCCCCCCCSc1ccc(-c2ccc(SCc3ccc(OCCCC)cc3)cc2)cc1. The van der Waals surface area contributed by atoms with E-state index in [4.69, 9.17) is 4.74 Å². The van der Waals surface area contributed by atoms with E-state index in [9.17, 15) is 0 Å². The normalized spacial score (nSPS) is 11.1. The van der Waals surface area contributed by atoms with E-state index in [0.29, 0.717) is 0 Å². The van der Waals surface area contributed by atoms with Crippen LogP contribution in [0.2, 0.25) is 0 Å². The molecule has 0 saturated heterocycles. The second-order valence-electron chi connectivity index (χ2n) is 9.51. The molecule has 3 aromatic rings. The predicted octanol–water partition coefficient (Wildman–Crippen LogP) is 11.1. The zero-order valence-corrected chi connectivity index (χ0v) is 24.0. The van der Waals surface area contributed by atoms with Gasteiger partial charge in [-0.2, -0.15) is 0 Å². The lowest BCUT2D eigenvalue weighted by Crippen LogP contribution is -1.96. The molecule has 0 unspecified atom stereocenters. The molecule has 0 aromatic heterocycles. The van der Waals surface area contributed by atoms with Crippen LogP contribution >= 0.6 is 23.5 Å². The minimum atomic E-state index is 0.803. The standard InChI is InChI=1S/C33H44OS2/c1-3-5-7-8-9-10-11-12-26-35-32-21-15-29(16-22-32)30-17-23-33(24-18-30)36-27-28-13-19-31(20-14-28)34-25-6-4-2/h13-24H,3-12,25-27H2,1-2H3. The smallest absolute Gasteiger partial charge is 0.119 e. The van der Waals surface area contributed by atoms with E-state index in [2.05, 4.69) is 86.6 Å². The molecule has 0 spiro atoms. The highest BCUT2D eigenvalue weighted by molar-refractivity contribution is 7.99. The largest absolute Gasteiger partial charge is 0.494 e. The van der Waals surface area contributed by atoms with Crippen molar-refractivity contribution in [3.63, 3.8) is 0 Å². The lowest BCUT2D eigenvalue weighted by molar-refractivity contribution is 0.309. The van der Waals surface area contributed by atoms with Gasteiger partial charge in [0.15, 0.2) is 0 Å². The van der Waals surface area contributed by atoms with E-state index in [1.165, 1.54) is 83.6 Å². The summed E-state index contributed by atoms with van der Waals surface area (Å²) in [5.41, 5.74) is 3.90. The van der Waals surface area contributed by atoms with Gasteiger partial charge in [0, 0.05) is 15.5 Å². The fourth-order valence-corrected chi connectivity index (χ4v) is 5.86. The first-order chi connectivity index (χ1) is 17.8. The number of ether oxygens (including phenoxy) is 1. The van der Waals surface area contributed by atoms with Crippen LogP contribution in [0, 0.1) is 0 Å². The van der Waals surface area contributed by atoms with E-state index in [-0.39, 0.29) is 0 Å². The van der Waals surface area contributed by atoms with Crippen LogP contribution in [0.1, 0.15) is 83.6 Å². The first kappa shape index (κ1) is 28.7. The molecule has 0 bridgehead atoms. The lowest BCUT2D eigenvalue weighted by atomic mass is 10.1. The van der Waals surface area contributed by atoms with E-state index in [1.54, 1.807) is 0 Å². The molecule has 0 saturated carbocycles. The van der Waals surface area contributed by atoms with Crippen molar-refractivity contribution in [1.29, 1.82) is 0 Å². The molecule has 0 aliphatic rings. The molecule has 3 rings (SSSR count). The van der Waals surface area contributed by atoms with Gasteiger partial charge in [-0.3, -0.25) is 0 Å². The van der Waals surface area contributed by atoms with Gasteiger partial charge in [0.2, 0.25) is 0 Å². The zero-order chi connectivity index (χ0) is 25.3. The Balaban J connectivity index is 1.36. The molecule has 0 amide bonds. The van der Waals surface area contributed by atoms with Crippen LogP contribution in [0.4, 0.5) is 0 Å². The van der Waals surface area contributed by atoms with E-state index < -0.39 is 0 Å². The first-order valence-electron chi connectivity index (χ1n) is 14.0. The molecule has 0 aliphatic heterocycles. The van der Waals surface area contributed by atoms with Crippen molar-refractivity contribution in [2.75, 3.05) is 12.4 Å². The summed E-state index contributed by atoms with van der Waals surface area (Å²) >= 11 is 3.88. The van der Waals surface area contributed by atoms with Gasteiger partial charge in [0.25, 0.3) is 0 Å². The summed E-state index contributed by atoms with van der Waals surface area (Å²) < 4.78 is 5.77.